The summed E-state index contributed by atoms with van der Waals surface area (Å²) in [4.78, 5) is 16.1. The summed E-state index contributed by atoms with van der Waals surface area (Å²) in [7, 11) is 0. The fourth-order valence-electron chi connectivity index (χ4n) is 1.83. The Morgan fingerprint density at radius 1 is 1.53 bits per heavy atom. The molecule has 0 saturated carbocycles. The third kappa shape index (κ3) is 2.14. The minimum absolute atomic E-state index is 0.00158. The number of pyridine rings is 1. The summed E-state index contributed by atoms with van der Waals surface area (Å²) in [5.41, 5.74) is 1.65. The van der Waals surface area contributed by atoms with E-state index in [1.54, 1.807) is 0 Å². The maximum absolute atomic E-state index is 11.7. The van der Waals surface area contributed by atoms with Gasteiger partial charge in [-0.25, -0.2) is 4.98 Å². The lowest BCUT2D eigenvalue weighted by Gasteiger charge is -2.26. The van der Waals surface area contributed by atoms with E-state index >= 15 is 0 Å². The van der Waals surface area contributed by atoms with Gasteiger partial charge < -0.3 is 14.5 Å². The van der Waals surface area contributed by atoms with Gasteiger partial charge in [0.25, 0.3) is 0 Å². The highest BCUT2D eigenvalue weighted by molar-refractivity contribution is 5.78. The van der Waals surface area contributed by atoms with E-state index < -0.39 is 0 Å². The monoisotopic (exact) mass is 231 g/mol. The Labute approximate surface area is 98.4 Å². The first-order valence-electron chi connectivity index (χ1n) is 5.61. The fraction of sp³-hybridized carbons (Fsp3) is 0.333. The molecule has 0 aliphatic carbocycles. The van der Waals surface area contributed by atoms with Crippen molar-refractivity contribution in [1.29, 1.82) is 0 Å². The van der Waals surface area contributed by atoms with Crippen LogP contribution in [0.4, 0.5) is 0 Å². The van der Waals surface area contributed by atoms with E-state index in [1.807, 2.05) is 35.0 Å². The molecule has 0 radical (unpaired) electrons. The largest absolute Gasteiger partial charge is 0.377 e. The number of fused-ring (bicyclic) bond motifs is 1. The van der Waals surface area contributed by atoms with Gasteiger partial charge in [-0.1, -0.05) is 6.07 Å². The molecule has 0 bridgehead atoms. The second-order valence-corrected chi connectivity index (χ2v) is 4.18. The van der Waals surface area contributed by atoms with Crippen molar-refractivity contribution in [2.75, 3.05) is 13.2 Å². The van der Waals surface area contributed by atoms with E-state index in [-0.39, 0.29) is 11.9 Å². The molecular weight excluding hydrogens is 218 g/mol. The van der Waals surface area contributed by atoms with E-state index in [0.717, 1.165) is 11.3 Å². The van der Waals surface area contributed by atoms with Crippen LogP contribution in [0.1, 0.15) is 5.69 Å². The van der Waals surface area contributed by atoms with Crippen molar-refractivity contribution in [1.82, 2.24) is 14.7 Å². The Bertz CT molecular complexity index is 512. The first-order chi connectivity index (χ1) is 8.31. The van der Waals surface area contributed by atoms with Crippen molar-refractivity contribution < 1.29 is 9.53 Å². The summed E-state index contributed by atoms with van der Waals surface area (Å²) >= 11 is 0. The van der Waals surface area contributed by atoms with Gasteiger partial charge in [0.2, 0.25) is 5.91 Å². The van der Waals surface area contributed by atoms with E-state index in [9.17, 15) is 4.79 Å². The maximum atomic E-state index is 11.7. The van der Waals surface area contributed by atoms with Crippen LogP contribution in [0.2, 0.25) is 0 Å². The van der Waals surface area contributed by atoms with Crippen LogP contribution >= 0.6 is 0 Å². The number of nitrogens with zero attached hydrogens (tertiary/aromatic N) is 2. The number of aromatic nitrogens is 2. The molecule has 0 atom stereocenters. The summed E-state index contributed by atoms with van der Waals surface area (Å²) < 4.78 is 6.91. The zero-order chi connectivity index (χ0) is 11.7. The summed E-state index contributed by atoms with van der Waals surface area (Å²) in [5.74, 6) is 0.00158. The number of nitrogens with one attached hydrogen (secondary N) is 1. The third-order valence-electron chi connectivity index (χ3n) is 2.76. The van der Waals surface area contributed by atoms with Crippen LogP contribution in [-0.2, 0) is 16.0 Å². The van der Waals surface area contributed by atoms with Crippen molar-refractivity contribution in [2.24, 2.45) is 0 Å². The molecule has 1 amide bonds. The molecule has 88 valence electrons. The molecule has 3 rings (SSSR count). The number of imidazole rings is 1. The summed E-state index contributed by atoms with van der Waals surface area (Å²) in [5, 5.41) is 2.90. The number of hydrogen-bond donors (Lipinski definition) is 1. The quantitative estimate of drug-likeness (QED) is 0.831. The Kier molecular flexibility index (Phi) is 2.53. The standard InChI is InChI=1S/C12H13N3O2/c16-12(14-10-7-17-8-10)5-9-6-15-4-2-1-3-11(15)13-9/h1-4,6,10H,5,7-8H2,(H,14,16). The Morgan fingerprint density at radius 3 is 3.12 bits per heavy atom. The van der Waals surface area contributed by atoms with Gasteiger partial charge in [-0.2, -0.15) is 0 Å². The number of ether oxygens (including phenoxy) is 1. The Balaban J connectivity index is 1.69. The van der Waals surface area contributed by atoms with Gasteiger partial charge in [0.1, 0.15) is 5.65 Å². The molecule has 1 fully saturated rings. The Morgan fingerprint density at radius 2 is 2.41 bits per heavy atom. The van der Waals surface area contributed by atoms with E-state index in [0.29, 0.717) is 19.6 Å². The predicted molar refractivity (Wildman–Crippen MR) is 61.6 cm³/mol. The van der Waals surface area contributed by atoms with Gasteiger partial charge in [-0.3, -0.25) is 4.79 Å². The number of carbonyl (C=O) groups excluding carboxylic acids is 1. The molecule has 1 aliphatic rings. The number of carbonyl (C=O) groups is 1. The average molecular weight is 231 g/mol. The van der Waals surface area contributed by atoms with Gasteiger partial charge >= 0.3 is 0 Å². The summed E-state index contributed by atoms with van der Waals surface area (Å²) in [6, 6.07) is 5.96. The van der Waals surface area contributed by atoms with Crippen LogP contribution in [0.5, 0.6) is 0 Å². The van der Waals surface area contributed by atoms with Crippen molar-refractivity contribution in [2.45, 2.75) is 12.5 Å². The van der Waals surface area contributed by atoms with Gasteiger partial charge in [0.15, 0.2) is 0 Å². The molecule has 0 unspecified atom stereocenters. The topological polar surface area (TPSA) is 55.6 Å². The van der Waals surface area contributed by atoms with Crippen LogP contribution in [0.15, 0.2) is 30.6 Å². The predicted octanol–water partition coefficient (Wildman–Crippen LogP) is 0.392. The molecule has 5 heteroatoms. The molecule has 2 aromatic rings. The highest BCUT2D eigenvalue weighted by Crippen LogP contribution is 2.06. The SMILES string of the molecule is O=C(Cc1cn2ccccc2n1)NC1COC1. The molecule has 1 aliphatic heterocycles. The summed E-state index contributed by atoms with van der Waals surface area (Å²) in [6.07, 6.45) is 4.12. The van der Waals surface area contributed by atoms with Gasteiger partial charge in [0, 0.05) is 12.4 Å². The van der Waals surface area contributed by atoms with E-state index in [2.05, 4.69) is 10.3 Å². The lowest BCUT2D eigenvalue weighted by atomic mass is 10.2. The smallest absolute Gasteiger partial charge is 0.226 e. The highest BCUT2D eigenvalue weighted by Gasteiger charge is 2.20. The first kappa shape index (κ1) is 10.3. The van der Waals surface area contributed by atoms with Crippen molar-refractivity contribution in [3.05, 3.63) is 36.3 Å². The zero-order valence-corrected chi connectivity index (χ0v) is 9.30. The van der Waals surface area contributed by atoms with Crippen molar-refractivity contribution >= 4 is 11.6 Å². The maximum Gasteiger partial charge on any atom is 0.226 e. The second kappa shape index (κ2) is 4.18. The molecule has 3 heterocycles. The zero-order valence-electron chi connectivity index (χ0n) is 9.30. The molecule has 2 aromatic heterocycles. The number of rotatable bonds is 3. The molecule has 0 spiro atoms. The van der Waals surface area contributed by atoms with E-state index in [4.69, 9.17) is 4.74 Å². The number of amides is 1. The van der Waals surface area contributed by atoms with Crippen molar-refractivity contribution in [3.8, 4) is 0 Å². The third-order valence-corrected chi connectivity index (χ3v) is 2.76. The van der Waals surface area contributed by atoms with Gasteiger partial charge in [-0.05, 0) is 12.1 Å². The van der Waals surface area contributed by atoms with E-state index in [1.165, 1.54) is 0 Å². The minimum Gasteiger partial charge on any atom is -0.377 e. The minimum atomic E-state index is 0.00158. The fourth-order valence-corrected chi connectivity index (χ4v) is 1.83. The van der Waals surface area contributed by atoms with Crippen LogP contribution in [0.25, 0.3) is 5.65 Å². The molecule has 17 heavy (non-hydrogen) atoms. The van der Waals surface area contributed by atoms with Crippen molar-refractivity contribution in [3.63, 3.8) is 0 Å². The van der Waals surface area contributed by atoms with Crippen LogP contribution in [-0.4, -0.2) is 34.5 Å². The van der Waals surface area contributed by atoms with Crippen LogP contribution < -0.4 is 5.32 Å². The highest BCUT2D eigenvalue weighted by atomic mass is 16.5. The van der Waals surface area contributed by atoms with Crippen LogP contribution in [0.3, 0.4) is 0 Å². The lowest BCUT2D eigenvalue weighted by Crippen LogP contribution is -2.49. The first-order valence-corrected chi connectivity index (χ1v) is 5.61. The summed E-state index contributed by atoms with van der Waals surface area (Å²) in [6.45, 7) is 1.24. The molecule has 1 N–H and O–H groups in total. The second-order valence-electron chi connectivity index (χ2n) is 4.18. The molecular formula is C12H13N3O2. The molecule has 0 aromatic carbocycles. The normalized spacial score (nSPS) is 15.8. The van der Waals surface area contributed by atoms with Gasteiger partial charge in [-0.15, -0.1) is 0 Å². The molecule has 1 saturated heterocycles. The lowest BCUT2D eigenvalue weighted by molar-refractivity contribution is -0.124. The Hall–Kier alpha value is -1.88. The average Bonchev–Trinajstić information content (AvgIpc) is 2.65. The molecule has 5 nitrogen and oxygen atoms in total. The van der Waals surface area contributed by atoms with Gasteiger partial charge in [0.05, 0.1) is 31.4 Å². The number of hydrogen-bond acceptors (Lipinski definition) is 3. The van der Waals surface area contributed by atoms with Crippen LogP contribution in [0, 0.1) is 0 Å².